The van der Waals surface area contributed by atoms with Gasteiger partial charge in [0.25, 0.3) is 5.91 Å². The first-order valence-electron chi connectivity index (χ1n) is 6.83. The van der Waals surface area contributed by atoms with Crippen molar-refractivity contribution in [3.63, 3.8) is 0 Å². The van der Waals surface area contributed by atoms with Gasteiger partial charge in [-0.2, -0.15) is 10.4 Å². The third-order valence-corrected chi connectivity index (χ3v) is 4.80. The van der Waals surface area contributed by atoms with Crippen LogP contribution in [0.3, 0.4) is 0 Å². The summed E-state index contributed by atoms with van der Waals surface area (Å²) in [4.78, 5) is 13.5. The molecule has 3 rings (SSSR count). The fourth-order valence-electron chi connectivity index (χ4n) is 2.55. The number of nitrogen functional groups attached to an aromatic ring is 1. The van der Waals surface area contributed by atoms with Gasteiger partial charge in [0, 0.05) is 17.6 Å². The third-order valence-electron chi connectivity index (χ3n) is 3.59. The topological polar surface area (TPSA) is 96.7 Å². The zero-order valence-corrected chi connectivity index (χ0v) is 12.5. The van der Waals surface area contributed by atoms with Crippen molar-refractivity contribution in [1.29, 1.82) is 5.26 Å². The van der Waals surface area contributed by atoms with Gasteiger partial charge in [0.15, 0.2) is 5.69 Å². The zero-order chi connectivity index (χ0) is 15.0. The van der Waals surface area contributed by atoms with Crippen LogP contribution in [0, 0.1) is 11.3 Å². The van der Waals surface area contributed by atoms with Gasteiger partial charge in [0.1, 0.15) is 11.1 Å². The largest absolute Gasteiger partial charge is 0.396 e. The SMILES string of the molecule is CCn1cc(N)c(C(=O)Nc2sc3c(c2C#N)CCC3)n1. The van der Waals surface area contributed by atoms with Crippen LogP contribution < -0.4 is 11.1 Å². The molecule has 0 radical (unpaired) electrons. The van der Waals surface area contributed by atoms with E-state index in [-0.39, 0.29) is 11.6 Å². The molecule has 0 spiro atoms. The summed E-state index contributed by atoms with van der Waals surface area (Å²) in [5, 5.41) is 16.9. The Morgan fingerprint density at radius 2 is 2.43 bits per heavy atom. The molecule has 0 saturated heterocycles. The molecule has 1 amide bonds. The maximum absolute atomic E-state index is 12.3. The first kappa shape index (κ1) is 13.6. The van der Waals surface area contributed by atoms with E-state index in [0.717, 1.165) is 24.8 Å². The maximum Gasteiger partial charge on any atom is 0.278 e. The Morgan fingerprint density at radius 3 is 3.10 bits per heavy atom. The highest BCUT2D eigenvalue weighted by atomic mass is 32.1. The molecule has 2 aromatic heterocycles. The molecule has 0 fully saturated rings. The van der Waals surface area contributed by atoms with E-state index in [1.807, 2.05) is 6.92 Å². The number of nitriles is 1. The molecule has 0 bridgehead atoms. The van der Waals surface area contributed by atoms with Crippen LogP contribution in [0.15, 0.2) is 6.20 Å². The molecule has 1 aliphatic carbocycles. The second-order valence-corrected chi connectivity index (χ2v) is 6.02. The van der Waals surface area contributed by atoms with Crippen molar-refractivity contribution in [2.24, 2.45) is 0 Å². The quantitative estimate of drug-likeness (QED) is 0.907. The van der Waals surface area contributed by atoms with Crippen LogP contribution in [0.4, 0.5) is 10.7 Å². The Kier molecular flexibility index (Phi) is 3.39. The summed E-state index contributed by atoms with van der Waals surface area (Å²) < 4.78 is 1.61. The van der Waals surface area contributed by atoms with E-state index in [0.29, 0.717) is 22.8 Å². The Balaban J connectivity index is 1.88. The van der Waals surface area contributed by atoms with Gasteiger partial charge in [-0.25, -0.2) is 0 Å². The van der Waals surface area contributed by atoms with Crippen molar-refractivity contribution in [3.05, 3.63) is 27.9 Å². The van der Waals surface area contributed by atoms with Gasteiger partial charge >= 0.3 is 0 Å². The molecule has 3 N–H and O–H groups in total. The number of aryl methyl sites for hydroxylation is 2. The van der Waals surface area contributed by atoms with Crippen LogP contribution >= 0.6 is 11.3 Å². The van der Waals surface area contributed by atoms with E-state index in [1.165, 1.54) is 16.2 Å². The Labute approximate surface area is 126 Å². The molecule has 2 heterocycles. The second kappa shape index (κ2) is 5.22. The number of amides is 1. The van der Waals surface area contributed by atoms with Gasteiger partial charge < -0.3 is 11.1 Å². The van der Waals surface area contributed by atoms with Gasteiger partial charge in [-0.3, -0.25) is 9.48 Å². The van der Waals surface area contributed by atoms with Crippen molar-refractivity contribution in [3.8, 4) is 6.07 Å². The first-order valence-corrected chi connectivity index (χ1v) is 7.64. The third kappa shape index (κ3) is 2.28. The number of fused-ring (bicyclic) bond motifs is 1. The van der Waals surface area contributed by atoms with E-state index in [2.05, 4.69) is 16.5 Å². The summed E-state index contributed by atoms with van der Waals surface area (Å²) in [5.41, 5.74) is 8.04. The number of nitrogens with zero attached hydrogens (tertiary/aromatic N) is 3. The molecule has 7 heteroatoms. The van der Waals surface area contributed by atoms with Gasteiger partial charge in [-0.1, -0.05) is 0 Å². The predicted molar refractivity (Wildman–Crippen MR) is 81.3 cm³/mol. The Hall–Kier alpha value is -2.33. The molecule has 108 valence electrons. The van der Waals surface area contributed by atoms with Crippen LogP contribution in [0.2, 0.25) is 0 Å². The van der Waals surface area contributed by atoms with Crippen LogP contribution in [0.25, 0.3) is 0 Å². The Morgan fingerprint density at radius 1 is 1.62 bits per heavy atom. The molecule has 0 saturated carbocycles. The summed E-state index contributed by atoms with van der Waals surface area (Å²) in [5.74, 6) is -0.365. The van der Waals surface area contributed by atoms with Crippen molar-refractivity contribution < 1.29 is 4.79 Å². The molecule has 6 nitrogen and oxygen atoms in total. The number of hydrogen-bond acceptors (Lipinski definition) is 5. The second-order valence-electron chi connectivity index (χ2n) is 4.92. The van der Waals surface area contributed by atoms with Crippen LogP contribution in [0.5, 0.6) is 0 Å². The smallest absolute Gasteiger partial charge is 0.278 e. The fourth-order valence-corrected chi connectivity index (χ4v) is 3.78. The van der Waals surface area contributed by atoms with Crippen LogP contribution in [-0.2, 0) is 19.4 Å². The lowest BCUT2D eigenvalue weighted by Crippen LogP contribution is -2.14. The summed E-state index contributed by atoms with van der Waals surface area (Å²) >= 11 is 1.48. The molecule has 2 aromatic rings. The summed E-state index contributed by atoms with van der Waals surface area (Å²) in [6.07, 6.45) is 4.61. The molecular weight excluding hydrogens is 286 g/mol. The Bertz CT molecular complexity index is 752. The van der Waals surface area contributed by atoms with E-state index in [9.17, 15) is 10.1 Å². The van der Waals surface area contributed by atoms with E-state index in [4.69, 9.17) is 5.73 Å². The molecule has 0 unspecified atom stereocenters. The van der Waals surface area contributed by atoms with E-state index in [1.54, 1.807) is 10.9 Å². The molecule has 0 atom stereocenters. The standard InChI is InChI=1S/C14H15N5OS/c1-2-19-7-10(16)12(18-19)13(20)17-14-9(6-15)8-4-3-5-11(8)21-14/h7H,2-5,16H2,1H3,(H,17,20). The lowest BCUT2D eigenvalue weighted by atomic mass is 10.1. The fraction of sp³-hybridized carbons (Fsp3) is 0.357. The first-order chi connectivity index (χ1) is 10.1. The molecule has 0 aromatic carbocycles. The van der Waals surface area contributed by atoms with Crippen molar-refractivity contribution in [2.75, 3.05) is 11.1 Å². The zero-order valence-electron chi connectivity index (χ0n) is 11.6. The number of anilines is 2. The average Bonchev–Trinajstić information content (AvgIpc) is 3.12. The molecular formula is C14H15N5OS. The summed E-state index contributed by atoms with van der Waals surface area (Å²) in [6.45, 7) is 2.57. The number of carbonyl (C=O) groups excluding carboxylic acids is 1. The minimum atomic E-state index is -0.365. The lowest BCUT2D eigenvalue weighted by molar-refractivity contribution is 0.102. The van der Waals surface area contributed by atoms with E-state index >= 15 is 0 Å². The summed E-state index contributed by atoms with van der Waals surface area (Å²) in [7, 11) is 0. The van der Waals surface area contributed by atoms with Gasteiger partial charge in [-0.05, 0) is 31.7 Å². The normalized spacial score (nSPS) is 13.0. The van der Waals surface area contributed by atoms with Crippen molar-refractivity contribution >= 4 is 27.9 Å². The number of rotatable bonds is 3. The van der Waals surface area contributed by atoms with Gasteiger partial charge in [-0.15, -0.1) is 11.3 Å². The van der Waals surface area contributed by atoms with Crippen LogP contribution in [0.1, 0.15) is 39.8 Å². The number of nitrogens with one attached hydrogen (secondary N) is 1. The van der Waals surface area contributed by atoms with Crippen LogP contribution in [-0.4, -0.2) is 15.7 Å². The van der Waals surface area contributed by atoms with E-state index < -0.39 is 0 Å². The number of nitrogens with two attached hydrogens (primary N) is 1. The number of hydrogen-bond donors (Lipinski definition) is 2. The van der Waals surface area contributed by atoms with Crippen molar-refractivity contribution in [2.45, 2.75) is 32.7 Å². The molecule has 21 heavy (non-hydrogen) atoms. The monoisotopic (exact) mass is 301 g/mol. The number of thiophene rings is 1. The van der Waals surface area contributed by atoms with Gasteiger partial charge in [0.05, 0.1) is 11.3 Å². The average molecular weight is 301 g/mol. The minimum Gasteiger partial charge on any atom is -0.396 e. The van der Waals surface area contributed by atoms with Crippen molar-refractivity contribution in [1.82, 2.24) is 9.78 Å². The number of carbonyl (C=O) groups is 1. The predicted octanol–water partition coefficient (Wildman–Crippen LogP) is 2.16. The molecule has 0 aliphatic heterocycles. The highest BCUT2D eigenvalue weighted by molar-refractivity contribution is 7.16. The number of aromatic nitrogens is 2. The highest BCUT2D eigenvalue weighted by Gasteiger charge is 2.24. The van der Waals surface area contributed by atoms with Gasteiger partial charge in [0.2, 0.25) is 0 Å². The molecule has 1 aliphatic rings. The minimum absolute atomic E-state index is 0.203. The lowest BCUT2D eigenvalue weighted by Gasteiger charge is -2.02. The highest BCUT2D eigenvalue weighted by Crippen LogP contribution is 2.38. The maximum atomic E-state index is 12.3. The summed E-state index contributed by atoms with van der Waals surface area (Å²) in [6, 6.07) is 2.20.